The summed E-state index contributed by atoms with van der Waals surface area (Å²) in [5.74, 6) is 0.164. The van der Waals surface area contributed by atoms with Gasteiger partial charge in [-0.25, -0.2) is 10.1 Å². The summed E-state index contributed by atoms with van der Waals surface area (Å²) in [5, 5.41) is 19.8. The zero-order valence-electron chi connectivity index (χ0n) is 16.8. The van der Waals surface area contributed by atoms with Gasteiger partial charge in [-0.2, -0.15) is 9.78 Å². The van der Waals surface area contributed by atoms with E-state index in [4.69, 9.17) is 22.1 Å². The predicted molar refractivity (Wildman–Crippen MR) is 117 cm³/mol. The number of hydrazone groups is 1. The van der Waals surface area contributed by atoms with Gasteiger partial charge in [-0.05, 0) is 47.6 Å². The van der Waals surface area contributed by atoms with E-state index < -0.39 is 5.91 Å². The highest BCUT2D eigenvalue weighted by Gasteiger charge is 2.25. The summed E-state index contributed by atoms with van der Waals surface area (Å²) in [5.41, 5.74) is 9.82. The van der Waals surface area contributed by atoms with E-state index in [0.29, 0.717) is 34.2 Å². The number of amides is 1. The third-order valence-electron chi connectivity index (χ3n) is 4.30. The van der Waals surface area contributed by atoms with Gasteiger partial charge in [0.1, 0.15) is 11.4 Å². The van der Waals surface area contributed by atoms with Crippen LogP contribution in [-0.4, -0.2) is 44.0 Å². The summed E-state index contributed by atoms with van der Waals surface area (Å²) in [6.07, 6.45) is 1.43. The van der Waals surface area contributed by atoms with E-state index in [2.05, 4.69) is 35.8 Å². The largest absolute Gasteiger partial charge is 0.494 e. The zero-order valence-corrected chi connectivity index (χ0v) is 17.5. The molecule has 3 N–H and O–H groups in total. The van der Waals surface area contributed by atoms with Crippen LogP contribution < -0.4 is 15.9 Å². The molecule has 2 aromatic carbocycles. The number of aromatic nitrogens is 5. The van der Waals surface area contributed by atoms with Crippen LogP contribution in [0.25, 0.3) is 17.1 Å². The second-order valence-corrected chi connectivity index (χ2v) is 6.76. The highest BCUT2D eigenvalue weighted by atomic mass is 35.5. The maximum Gasteiger partial charge on any atom is 0.294 e. The molecular weight excluding hydrogens is 436 g/mol. The molecule has 11 nitrogen and oxygen atoms in total. The normalized spacial score (nSPS) is 11.1. The lowest BCUT2D eigenvalue weighted by molar-refractivity contribution is 0.0950. The third kappa shape index (κ3) is 4.27. The molecule has 0 radical (unpaired) electrons. The van der Waals surface area contributed by atoms with Gasteiger partial charge in [0.2, 0.25) is 11.6 Å². The molecular formula is C20H17ClN8O3. The minimum absolute atomic E-state index is 0.00660. The summed E-state index contributed by atoms with van der Waals surface area (Å²) in [7, 11) is 0. The van der Waals surface area contributed by atoms with Gasteiger partial charge in [-0.15, -0.1) is 5.10 Å². The van der Waals surface area contributed by atoms with Crippen molar-refractivity contribution in [2.45, 2.75) is 6.92 Å². The van der Waals surface area contributed by atoms with E-state index in [1.54, 1.807) is 48.5 Å². The number of carbonyl (C=O) groups is 1. The third-order valence-corrected chi connectivity index (χ3v) is 4.64. The number of nitrogens with zero attached hydrogens (tertiary/aromatic N) is 6. The smallest absolute Gasteiger partial charge is 0.294 e. The lowest BCUT2D eigenvalue weighted by Crippen LogP contribution is -2.19. The number of nitrogens with two attached hydrogens (primary N) is 1. The summed E-state index contributed by atoms with van der Waals surface area (Å²) < 4.78 is 11.4. The molecule has 0 atom stereocenters. The van der Waals surface area contributed by atoms with Crippen LogP contribution in [0.4, 0.5) is 5.82 Å². The van der Waals surface area contributed by atoms with E-state index in [-0.39, 0.29) is 17.3 Å². The number of rotatable bonds is 7. The van der Waals surface area contributed by atoms with Crippen molar-refractivity contribution in [3.63, 3.8) is 0 Å². The second-order valence-electron chi connectivity index (χ2n) is 6.35. The Morgan fingerprint density at radius 1 is 1.25 bits per heavy atom. The minimum atomic E-state index is -0.599. The van der Waals surface area contributed by atoms with Gasteiger partial charge in [-0.1, -0.05) is 35.0 Å². The number of benzene rings is 2. The van der Waals surface area contributed by atoms with Gasteiger partial charge < -0.3 is 10.5 Å². The molecule has 4 rings (SSSR count). The van der Waals surface area contributed by atoms with Crippen molar-refractivity contribution < 1.29 is 14.2 Å². The standard InChI is InChI=1S/C20H17ClN8O3/c1-2-31-14-9-7-12(8-10-14)17-16(24-28-29(17)19-18(22)26-32-27-19)20(30)25-23-11-13-5-3-4-6-15(13)21/h3-11H,2H2,1H3,(H2,22,26)(H,25,30). The van der Waals surface area contributed by atoms with Gasteiger partial charge in [0.15, 0.2) is 5.69 Å². The van der Waals surface area contributed by atoms with Crippen molar-refractivity contribution in [3.8, 4) is 22.8 Å². The van der Waals surface area contributed by atoms with E-state index >= 15 is 0 Å². The number of carbonyl (C=O) groups excluding carboxylic acids is 1. The number of halogens is 1. The van der Waals surface area contributed by atoms with Gasteiger partial charge in [-0.3, -0.25) is 4.79 Å². The Labute approximate surface area is 186 Å². The molecule has 1 amide bonds. The molecule has 0 saturated carbocycles. The van der Waals surface area contributed by atoms with Gasteiger partial charge in [0.25, 0.3) is 5.91 Å². The molecule has 0 spiro atoms. The van der Waals surface area contributed by atoms with Crippen molar-refractivity contribution in [2.75, 3.05) is 12.3 Å². The van der Waals surface area contributed by atoms with Crippen molar-refractivity contribution >= 4 is 29.5 Å². The Bertz CT molecular complexity index is 1270. The first-order chi connectivity index (χ1) is 15.6. The molecule has 12 heteroatoms. The number of ether oxygens (including phenoxy) is 1. The molecule has 0 saturated heterocycles. The number of anilines is 1. The predicted octanol–water partition coefficient (Wildman–Crippen LogP) is 2.72. The number of nitrogen functional groups attached to an aromatic ring is 1. The maximum absolute atomic E-state index is 12.9. The van der Waals surface area contributed by atoms with Crippen molar-refractivity contribution in [3.05, 3.63) is 64.8 Å². The van der Waals surface area contributed by atoms with Crippen LogP contribution in [0.5, 0.6) is 5.75 Å². The molecule has 0 aliphatic heterocycles. The lowest BCUT2D eigenvalue weighted by atomic mass is 10.1. The van der Waals surface area contributed by atoms with E-state index in [0.717, 1.165) is 0 Å². The Morgan fingerprint density at radius 3 is 2.72 bits per heavy atom. The van der Waals surface area contributed by atoms with E-state index in [1.165, 1.54) is 10.9 Å². The van der Waals surface area contributed by atoms with Crippen LogP contribution in [0, 0.1) is 0 Å². The molecule has 0 bridgehead atoms. The maximum atomic E-state index is 12.9. The van der Waals surface area contributed by atoms with Crippen molar-refractivity contribution in [1.82, 2.24) is 30.7 Å². The summed E-state index contributed by atoms with van der Waals surface area (Å²) >= 11 is 6.10. The fourth-order valence-electron chi connectivity index (χ4n) is 2.85. The van der Waals surface area contributed by atoms with Gasteiger partial charge in [0, 0.05) is 16.1 Å². The van der Waals surface area contributed by atoms with Crippen molar-refractivity contribution in [1.29, 1.82) is 0 Å². The average Bonchev–Trinajstić information content (AvgIpc) is 3.42. The van der Waals surface area contributed by atoms with E-state index in [9.17, 15) is 4.79 Å². The van der Waals surface area contributed by atoms with Crippen LogP contribution in [0.1, 0.15) is 23.0 Å². The van der Waals surface area contributed by atoms with Crippen LogP contribution in [0.2, 0.25) is 5.02 Å². The fourth-order valence-corrected chi connectivity index (χ4v) is 3.03. The molecule has 2 aromatic heterocycles. The summed E-state index contributed by atoms with van der Waals surface area (Å²) in [6, 6.07) is 14.1. The number of hydrogen-bond acceptors (Lipinski definition) is 9. The molecule has 0 unspecified atom stereocenters. The van der Waals surface area contributed by atoms with Crippen LogP contribution >= 0.6 is 11.6 Å². The lowest BCUT2D eigenvalue weighted by Gasteiger charge is -2.07. The first kappa shape index (κ1) is 21.0. The van der Waals surface area contributed by atoms with Gasteiger partial charge >= 0.3 is 0 Å². The topological polar surface area (TPSA) is 146 Å². The molecule has 0 fully saturated rings. The SMILES string of the molecule is CCOc1ccc(-c2c(C(=O)NN=Cc3ccccc3Cl)nnn2-c2nonc2N)cc1. The van der Waals surface area contributed by atoms with Crippen molar-refractivity contribution in [2.24, 2.45) is 5.10 Å². The molecule has 32 heavy (non-hydrogen) atoms. The summed E-state index contributed by atoms with van der Waals surface area (Å²) in [4.78, 5) is 12.9. The second kappa shape index (κ2) is 9.27. The average molecular weight is 453 g/mol. The Balaban J connectivity index is 1.69. The molecule has 0 aliphatic rings. The molecule has 4 aromatic rings. The zero-order chi connectivity index (χ0) is 22.5. The fraction of sp³-hybridized carbons (Fsp3) is 0.100. The van der Waals surface area contributed by atoms with Crippen LogP contribution in [0.15, 0.2) is 58.3 Å². The Morgan fingerprint density at radius 2 is 2.03 bits per heavy atom. The molecule has 2 heterocycles. The monoisotopic (exact) mass is 452 g/mol. The Hall–Kier alpha value is -4.25. The first-order valence-electron chi connectivity index (χ1n) is 9.43. The van der Waals surface area contributed by atoms with Crippen LogP contribution in [-0.2, 0) is 0 Å². The minimum Gasteiger partial charge on any atom is -0.494 e. The van der Waals surface area contributed by atoms with Gasteiger partial charge in [0.05, 0.1) is 12.8 Å². The number of nitrogens with one attached hydrogen (secondary N) is 1. The highest BCUT2D eigenvalue weighted by molar-refractivity contribution is 6.33. The summed E-state index contributed by atoms with van der Waals surface area (Å²) in [6.45, 7) is 2.41. The molecule has 162 valence electrons. The van der Waals surface area contributed by atoms with E-state index in [1.807, 2.05) is 6.92 Å². The van der Waals surface area contributed by atoms with Crippen LogP contribution in [0.3, 0.4) is 0 Å². The highest BCUT2D eigenvalue weighted by Crippen LogP contribution is 2.28. The molecule has 0 aliphatic carbocycles. The number of hydrogen-bond donors (Lipinski definition) is 2. The first-order valence-corrected chi connectivity index (χ1v) is 9.81. The quantitative estimate of drug-likeness (QED) is 0.321. The Kier molecular flexibility index (Phi) is 6.08.